The van der Waals surface area contributed by atoms with Crippen molar-refractivity contribution in [1.82, 2.24) is 0 Å². The maximum Gasteiger partial charge on any atom is 0.123 e. The highest BCUT2D eigenvalue weighted by atomic mass is 16.5. The molecule has 0 aliphatic carbocycles. The SMILES string of the molecule is CC=CCOc1ccc(C)c(O)c1. The zero-order valence-corrected chi connectivity index (χ0v) is 7.95. The van der Waals surface area contributed by atoms with E-state index >= 15 is 0 Å². The molecule has 0 aliphatic heterocycles. The van der Waals surface area contributed by atoms with Crippen LogP contribution >= 0.6 is 0 Å². The second-order valence-electron chi connectivity index (χ2n) is 2.83. The summed E-state index contributed by atoms with van der Waals surface area (Å²) in [7, 11) is 0. The third kappa shape index (κ3) is 2.82. The summed E-state index contributed by atoms with van der Waals surface area (Å²) < 4.78 is 5.34. The first-order valence-corrected chi connectivity index (χ1v) is 4.27. The Morgan fingerprint density at radius 3 is 2.85 bits per heavy atom. The van der Waals surface area contributed by atoms with Crippen molar-refractivity contribution in [3.8, 4) is 11.5 Å². The molecule has 0 saturated carbocycles. The molecule has 1 aromatic rings. The minimum Gasteiger partial charge on any atom is -0.508 e. The van der Waals surface area contributed by atoms with Gasteiger partial charge in [-0.3, -0.25) is 0 Å². The first kappa shape index (κ1) is 9.65. The summed E-state index contributed by atoms with van der Waals surface area (Å²) in [5, 5.41) is 9.36. The van der Waals surface area contributed by atoms with Gasteiger partial charge in [-0.2, -0.15) is 0 Å². The molecule has 0 unspecified atom stereocenters. The predicted molar refractivity (Wildman–Crippen MR) is 53.2 cm³/mol. The van der Waals surface area contributed by atoms with Crippen molar-refractivity contribution in [3.05, 3.63) is 35.9 Å². The molecule has 13 heavy (non-hydrogen) atoms. The van der Waals surface area contributed by atoms with Gasteiger partial charge in [-0.05, 0) is 25.5 Å². The average molecular weight is 178 g/mol. The van der Waals surface area contributed by atoms with Gasteiger partial charge in [0, 0.05) is 6.07 Å². The number of ether oxygens (including phenoxy) is 1. The highest BCUT2D eigenvalue weighted by Gasteiger charge is 1.97. The van der Waals surface area contributed by atoms with Gasteiger partial charge < -0.3 is 9.84 Å². The van der Waals surface area contributed by atoms with Crippen LogP contribution in [-0.2, 0) is 0 Å². The lowest BCUT2D eigenvalue weighted by Gasteiger charge is -2.04. The minimum atomic E-state index is 0.276. The van der Waals surface area contributed by atoms with Crippen molar-refractivity contribution in [1.29, 1.82) is 0 Å². The fourth-order valence-corrected chi connectivity index (χ4v) is 0.920. The summed E-state index contributed by atoms with van der Waals surface area (Å²) in [5.74, 6) is 0.971. The summed E-state index contributed by atoms with van der Waals surface area (Å²) in [6.45, 7) is 4.33. The van der Waals surface area contributed by atoms with Crippen LogP contribution in [0, 0.1) is 6.92 Å². The van der Waals surface area contributed by atoms with Crippen LogP contribution in [0.2, 0.25) is 0 Å². The largest absolute Gasteiger partial charge is 0.508 e. The summed E-state index contributed by atoms with van der Waals surface area (Å²) in [4.78, 5) is 0. The van der Waals surface area contributed by atoms with Crippen LogP contribution in [0.15, 0.2) is 30.4 Å². The third-order valence-electron chi connectivity index (χ3n) is 1.76. The topological polar surface area (TPSA) is 29.5 Å². The third-order valence-corrected chi connectivity index (χ3v) is 1.76. The van der Waals surface area contributed by atoms with Crippen LogP contribution in [-0.4, -0.2) is 11.7 Å². The second kappa shape index (κ2) is 4.55. The number of rotatable bonds is 3. The quantitative estimate of drug-likeness (QED) is 0.721. The number of hydrogen-bond donors (Lipinski definition) is 1. The number of aryl methyl sites for hydroxylation is 1. The monoisotopic (exact) mass is 178 g/mol. The van der Waals surface area contributed by atoms with Gasteiger partial charge in [0.25, 0.3) is 0 Å². The fraction of sp³-hybridized carbons (Fsp3) is 0.273. The average Bonchev–Trinajstić information content (AvgIpc) is 2.12. The predicted octanol–water partition coefficient (Wildman–Crippen LogP) is 2.66. The zero-order valence-electron chi connectivity index (χ0n) is 7.95. The van der Waals surface area contributed by atoms with Crippen molar-refractivity contribution in [2.75, 3.05) is 6.61 Å². The molecule has 0 spiro atoms. The second-order valence-corrected chi connectivity index (χ2v) is 2.83. The Morgan fingerprint density at radius 2 is 2.23 bits per heavy atom. The van der Waals surface area contributed by atoms with Gasteiger partial charge in [-0.1, -0.05) is 18.2 Å². The molecule has 0 radical (unpaired) electrons. The number of phenolic OH excluding ortho intramolecular Hbond substituents is 1. The molecule has 0 aromatic heterocycles. The zero-order chi connectivity index (χ0) is 9.68. The Balaban J connectivity index is 2.63. The smallest absolute Gasteiger partial charge is 0.123 e. The highest BCUT2D eigenvalue weighted by Crippen LogP contribution is 2.22. The van der Waals surface area contributed by atoms with Crippen LogP contribution in [0.25, 0.3) is 0 Å². The van der Waals surface area contributed by atoms with Crippen molar-refractivity contribution < 1.29 is 9.84 Å². The molecule has 0 heterocycles. The number of aromatic hydroxyl groups is 1. The van der Waals surface area contributed by atoms with Crippen molar-refractivity contribution in [2.45, 2.75) is 13.8 Å². The molecular weight excluding hydrogens is 164 g/mol. The Labute approximate surface area is 78.5 Å². The molecule has 0 saturated heterocycles. The molecular formula is C11H14O2. The van der Waals surface area contributed by atoms with Gasteiger partial charge in [0.2, 0.25) is 0 Å². The molecule has 0 bridgehead atoms. The maximum absolute atomic E-state index is 9.36. The van der Waals surface area contributed by atoms with E-state index in [-0.39, 0.29) is 5.75 Å². The summed E-state index contributed by atoms with van der Waals surface area (Å²) in [5.41, 5.74) is 0.860. The van der Waals surface area contributed by atoms with E-state index < -0.39 is 0 Å². The Hall–Kier alpha value is -1.44. The first-order valence-electron chi connectivity index (χ1n) is 4.27. The van der Waals surface area contributed by atoms with Gasteiger partial charge in [-0.15, -0.1) is 0 Å². The van der Waals surface area contributed by atoms with E-state index in [0.717, 1.165) is 5.56 Å². The molecule has 1 rings (SSSR count). The molecule has 0 atom stereocenters. The number of phenols is 1. The number of hydrogen-bond acceptors (Lipinski definition) is 2. The molecule has 0 amide bonds. The van der Waals surface area contributed by atoms with Gasteiger partial charge in [0.1, 0.15) is 18.1 Å². The van der Waals surface area contributed by atoms with E-state index in [2.05, 4.69) is 0 Å². The van der Waals surface area contributed by atoms with E-state index in [4.69, 9.17) is 4.74 Å². The van der Waals surface area contributed by atoms with E-state index in [1.807, 2.05) is 38.1 Å². The van der Waals surface area contributed by atoms with Crippen LogP contribution in [0.3, 0.4) is 0 Å². The van der Waals surface area contributed by atoms with Gasteiger partial charge in [0.05, 0.1) is 0 Å². The Kier molecular flexibility index (Phi) is 3.38. The van der Waals surface area contributed by atoms with Crippen LogP contribution in [0.5, 0.6) is 11.5 Å². The lowest BCUT2D eigenvalue weighted by molar-refractivity contribution is 0.359. The molecule has 1 aromatic carbocycles. The van der Waals surface area contributed by atoms with Gasteiger partial charge in [-0.25, -0.2) is 0 Å². The summed E-state index contributed by atoms with van der Waals surface area (Å²) in [6, 6.07) is 5.30. The Bertz CT molecular complexity index is 303. The standard InChI is InChI=1S/C11H14O2/c1-3-4-7-13-10-6-5-9(2)11(12)8-10/h3-6,8,12H,7H2,1-2H3. The molecule has 70 valence electrons. The fourth-order valence-electron chi connectivity index (χ4n) is 0.920. The van der Waals surface area contributed by atoms with Crippen molar-refractivity contribution in [3.63, 3.8) is 0 Å². The van der Waals surface area contributed by atoms with Gasteiger partial charge in [0.15, 0.2) is 0 Å². The molecule has 0 fully saturated rings. The Morgan fingerprint density at radius 1 is 1.46 bits per heavy atom. The van der Waals surface area contributed by atoms with E-state index in [9.17, 15) is 5.11 Å². The van der Waals surface area contributed by atoms with Gasteiger partial charge >= 0.3 is 0 Å². The van der Waals surface area contributed by atoms with Crippen LogP contribution in [0.1, 0.15) is 12.5 Å². The normalized spacial score (nSPS) is 10.6. The number of allylic oxidation sites excluding steroid dienone is 1. The molecule has 2 nitrogen and oxygen atoms in total. The van der Waals surface area contributed by atoms with Crippen molar-refractivity contribution in [2.24, 2.45) is 0 Å². The molecule has 1 N–H and O–H groups in total. The number of benzene rings is 1. The van der Waals surface area contributed by atoms with E-state index in [1.54, 1.807) is 6.07 Å². The molecule has 2 heteroatoms. The van der Waals surface area contributed by atoms with Crippen molar-refractivity contribution >= 4 is 0 Å². The van der Waals surface area contributed by atoms with Crippen LogP contribution in [0.4, 0.5) is 0 Å². The minimum absolute atomic E-state index is 0.276. The van der Waals surface area contributed by atoms with E-state index in [1.165, 1.54) is 0 Å². The molecule has 0 aliphatic rings. The maximum atomic E-state index is 9.36. The highest BCUT2D eigenvalue weighted by molar-refractivity contribution is 5.38. The first-order chi connectivity index (χ1) is 6.24. The van der Waals surface area contributed by atoms with E-state index in [0.29, 0.717) is 12.4 Å². The summed E-state index contributed by atoms with van der Waals surface area (Å²) in [6.07, 6.45) is 3.84. The summed E-state index contributed by atoms with van der Waals surface area (Å²) >= 11 is 0. The lowest BCUT2D eigenvalue weighted by atomic mass is 10.2. The van der Waals surface area contributed by atoms with Crippen LogP contribution < -0.4 is 4.74 Å². The lowest BCUT2D eigenvalue weighted by Crippen LogP contribution is -1.92.